The number of anilines is 1. The van der Waals surface area contributed by atoms with Crippen molar-refractivity contribution in [3.63, 3.8) is 0 Å². The predicted molar refractivity (Wildman–Crippen MR) is 184 cm³/mol. The zero-order valence-electron chi connectivity index (χ0n) is 25.2. The van der Waals surface area contributed by atoms with E-state index in [2.05, 4.69) is 157 Å². The molecule has 2 heterocycles. The molecule has 3 atom stereocenters. The first-order valence-corrected chi connectivity index (χ1v) is 15.9. The summed E-state index contributed by atoms with van der Waals surface area (Å²) in [5.41, 5.74) is 10.3. The molecule has 0 amide bonds. The van der Waals surface area contributed by atoms with Crippen molar-refractivity contribution in [2.45, 2.75) is 44.2 Å². The lowest BCUT2D eigenvalue weighted by Crippen LogP contribution is -2.44. The maximum absolute atomic E-state index is 5.11. The number of hydrogen-bond donors (Lipinski definition) is 0. The lowest BCUT2D eigenvalue weighted by molar-refractivity contribution is 0.394. The first kappa shape index (κ1) is 25.6. The van der Waals surface area contributed by atoms with Crippen molar-refractivity contribution in [1.82, 2.24) is 4.57 Å². The quantitative estimate of drug-likeness (QED) is 0.211. The Hall–Kier alpha value is -4.89. The van der Waals surface area contributed by atoms with Gasteiger partial charge in [-0.25, -0.2) is 4.99 Å². The van der Waals surface area contributed by atoms with E-state index in [4.69, 9.17) is 4.99 Å². The Balaban J connectivity index is 1.17. The first-order chi connectivity index (χ1) is 21.6. The highest BCUT2D eigenvalue weighted by Crippen LogP contribution is 2.54. The number of aliphatic imine (C=N–C) groups is 1. The van der Waals surface area contributed by atoms with Crippen molar-refractivity contribution in [3.8, 4) is 5.69 Å². The van der Waals surface area contributed by atoms with E-state index in [0.29, 0.717) is 11.8 Å². The number of nitrogens with zero attached hydrogens (tertiary/aromatic N) is 3. The molecule has 3 nitrogen and oxygen atoms in total. The zero-order chi connectivity index (χ0) is 29.4. The van der Waals surface area contributed by atoms with Crippen LogP contribution >= 0.6 is 0 Å². The van der Waals surface area contributed by atoms with Crippen LogP contribution in [0, 0.1) is 5.92 Å². The molecule has 44 heavy (non-hydrogen) atoms. The van der Waals surface area contributed by atoms with Crippen molar-refractivity contribution in [3.05, 3.63) is 156 Å². The Morgan fingerprint density at radius 1 is 0.750 bits per heavy atom. The molecule has 0 radical (unpaired) electrons. The second-order valence-electron chi connectivity index (χ2n) is 13.1. The smallest absolute Gasteiger partial charge is 0.154 e. The summed E-state index contributed by atoms with van der Waals surface area (Å²) in [5, 5.41) is 2.64. The third-order valence-corrected chi connectivity index (χ3v) is 10.3. The van der Waals surface area contributed by atoms with Crippen LogP contribution < -0.4 is 4.90 Å². The third-order valence-electron chi connectivity index (χ3n) is 10.3. The molecule has 1 aromatic heterocycles. The van der Waals surface area contributed by atoms with Crippen LogP contribution in [0.25, 0.3) is 27.5 Å². The van der Waals surface area contributed by atoms with Crippen LogP contribution in [0.3, 0.4) is 0 Å². The number of fused-ring (bicyclic) bond motifs is 6. The summed E-state index contributed by atoms with van der Waals surface area (Å²) < 4.78 is 2.46. The van der Waals surface area contributed by atoms with E-state index in [0.717, 1.165) is 24.4 Å². The van der Waals surface area contributed by atoms with Crippen LogP contribution in [0.15, 0.2) is 144 Å². The van der Waals surface area contributed by atoms with E-state index >= 15 is 0 Å². The standard InChI is InChI=1S/C41H35N3/c1-41(2)35-19-11-9-17-31(35)33-26-38-34(25-36(33)41)32-18-10-12-20-37(32)43(38)29-21-23-30(24-22-29)44-39(27-13-5-3-6-14-27)42-40(44)28-15-7-4-8-16-28/h3,5-7,9-26,31,35,39H,4,8H2,1-2H3. The highest BCUT2D eigenvalue weighted by molar-refractivity contribution is 6.15. The molecule has 5 aromatic rings. The van der Waals surface area contributed by atoms with Gasteiger partial charge in [-0.3, -0.25) is 4.90 Å². The molecule has 0 bridgehead atoms. The summed E-state index contributed by atoms with van der Waals surface area (Å²) in [6.07, 6.45) is 18.2. The average Bonchev–Trinajstić information content (AvgIpc) is 3.49. The number of benzene rings is 4. The van der Waals surface area contributed by atoms with Crippen LogP contribution in [-0.2, 0) is 5.41 Å². The number of aromatic nitrogens is 1. The fourth-order valence-electron chi connectivity index (χ4n) is 8.08. The number of para-hydroxylation sites is 1. The van der Waals surface area contributed by atoms with Crippen molar-refractivity contribution in [2.24, 2.45) is 10.9 Å². The monoisotopic (exact) mass is 569 g/mol. The molecule has 0 spiro atoms. The van der Waals surface area contributed by atoms with E-state index in [1.54, 1.807) is 0 Å². The molecule has 4 aromatic carbocycles. The molecule has 214 valence electrons. The molecule has 1 aliphatic heterocycles. The second-order valence-corrected chi connectivity index (χ2v) is 13.1. The van der Waals surface area contributed by atoms with Gasteiger partial charge in [0.15, 0.2) is 6.17 Å². The fraction of sp³-hybridized carbons (Fsp3) is 0.195. The Kier molecular flexibility index (Phi) is 5.56. The first-order valence-electron chi connectivity index (χ1n) is 15.9. The van der Waals surface area contributed by atoms with Crippen molar-refractivity contribution < 1.29 is 0 Å². The van der Waals surface area contributed by atoms with E-state index in [-0.39, 0.29) is 11.6 Å². The van der Waals surface area contributed by atoms with Gasteiger partial charge in [-0.2, -0.15) is 0 Å². The molecular weight excluding hydrogens is 534 g/mol. The van der Waals surface area contributed by atoms with Gasteiger partial charge in [0, 0.05) is 33.6 Å². The van der Waals surface area contributed by atoms with Gasteiger partial charge in [0.25, 0.3) is 0 Å². The van der Waals surface area contributed by atoms with Gasteiger partial charge in [0.2, 0.25) is 0 Å². The van der Waals surface area contributed by atoms with E-state index in [9.17, 15) is 0 Å². The van der Waals surface area contributed by atoms with Crippen molar-refractivity contribution in [1.29, 1.82) is 0 Å². The molecule has 0 saturated carbocycles. The molecule has 0 N–H and O–H groups in total. The van der Waals surface area contributed by atoms with Gasteiger partial charge >= 0.3 is 0 Å². The Bertz CT molecular complexity index is 2100. The fourth-order valence-corrected chi connectivity index (χ4v) is 8.08. The zero-order valence-corrected chi connectivity index (χ0v) is 25.2. The largest absolute Gasteiger partial charge is 0.309 e. The maximum atomic E-state index is 5.11. The summed E-state index contributed by atoms with van der Waals surface area (Å²) in [6.45, 7) is 4.83. The number of hydrogen-bond acceptors (Lipinski definition) is 2. The van der Waals surface area contributed by atoms with Gasteiger partial charge in [0.1, 0.15) is 5.84 Å². The molecular formula is C41H35N3. The number of rotatable bonds is 4. The van der Waals surface area contributed by atoms with Crippen molar-refractivity contribution >= 4 is 33.3 Å². The topological polar surface area (TPSA) is 20.5 Å². The molecule has 0 saturated heterocycles. The van der Waals surface area contributed by atoms with Crippen molar-refractivity contribution in [2.75, 3.05) is 4.90 Å². The molecule has 3 unspecified atom stereocenters. The minimum atomic E-state index is -0.0157. The second kappa shape index (κ2) is 9.56. The van der Waals surface area contributed by atoms with Gasteiger partial charge < -0.3 is 4.57 Å². The van der Waals surface area contributed by atoms with Gasteiger partial charge in [0.05, 0.1) is 11.0 Å². The predicted octanol–water partition coefficient (Wildman–Crippen LogP) is 10.1. The highest BCUT2D eigenvalue weighted by Gasteiger charge is 2.45. The van der Waals surface area contributed by atoms with E-state index in [1.165, 1.54) is 49.8 Å². The minimum Gasteiger partial charge on any atom is -0.309 e. The molecule has 4 aliphatic rings. The summed E-state index contributed by atoms with van der Waals surface area (Å²) >= 11 is 0. The number of allylic oxidation sites excluding steroid dienone is 6. The lowest BCUT2D eigenvalue weighted by atomic mass is 9.74. The van der Waals surface area contributed by atoms with E-state index < -0.39 is 0 Å². The minimum absolute atomic E-state index is 0.0157. The van der Waals surface area contributed by atoms with Gasteiger partial charge in [-0.1, -0.05) is 105 Å². The highest BCUT2D eigenvalue weighted by atomic mass is 15.4. The Labute approximate surface area is 258 Å². The molecule has 9 rings (SSSR count). The Morgan fingerprint density at radius 3 is 2.34 bits per heavy atom. The third kappa shape index (κ3) is 3.65. The maximum Gasteiger partial charge on any atom is 0.154 e. The SMILES string of the molecule is CC1(C)c2cc3c4ccccc4n(-c4ccc(N5C(C6=CCCC=C6)=NC5c5ccccc5)cc4)c3cc2C2C=CC=CC21. The summed E-state index contributed by atoms with van der Waals surface area (Å²) in [4.78, 5) is 7.51. The van der Waals surface area contributed by atoms with Crippen LogP contribution in [0.2, 0.25) is 0 Å². The van der Waals surface area contributed by atoms with Crippen LogP contribution in [-0.4, -0.2) is 10.4 Å². The van der Waals surface area contributed by atoms with E-state index in [1.807, 2.05) is 0 Å². The van der Waals surface area contributed by atoms with Crippen LogP contribution in [0.1, 0.15) is 55.5 Å². The Morgan fingerprint density at radius 2 is 1.52 bits per heavy atom. The normalized spacial score (nSPS) is 23.0. The average molecular weight is 570 g/mol. The van der Waals surface area contributed by atoms with Crippen LogP contribution in [0.5, 0.6) is 0 Å². The van der Waals surface area contributed by atoms with Crippen LogP contribution in [0.4, 0.5) is 5.69 Å². The number of amidine groups is 1. The molecule has 3 heteroatoms. The molecule has 0 fully saturated rings. The summed E-state index contributed by atoms with van der Waals surface area (Å²) in [7, 11) is 0. The molecule has 3 aliphatic carbocycles. The summed E-state index contributed by atoms with van der Waals surface area (Å²) in [5.74, 6) is 1.97. The summed E-state index contributed by atoms with van der Waals surface area (Å²) in [6, 6.07) is 33.6. The van der Waals surface area contributed by atoms with Gasteiger partial charge in [-0.15, -0.1) is 0 Å². The lowest BCUT2D eigenvalue weighted by Gasteiger charge is -2.41. The van der Waals surface area contributed by atoms with Gasteiger partial charge in [-0.05, 0) is 83.3 Å².